The average molecular weight is 482 g/mol. The van der Waals surface area contributed by atoms with Gasteiger partial charge in [0.25, 0.3) is 11.1 Å². The number of fused-ring (bicyclic) bond motifs is 1. The van der Waals surface area contributed by atoms with Gasteiger partial charge in [0.2, 0.25) is 0 Å². The van der Waals surface area contributed by atoms with E-state index in [1.165, 1.54) is 10.3 Å². The molecule has 1 fully saturated rings. The van der Waals surface area contributed by atoms with E-state index in [1.54, 1.807) is 30.3 Å². The molecule has 1 saturated heterocycles. The van der Waals surface area contributed by atoms with E-state index in [2.05, 4.69) is 24.3 Å². The second kappa shape index (κ2) is 10.1. The van der Waals surface area contributed by atoms with Gasteiger partial charge in [-0.05, 0) is 70.9 Å². The summed E-state index contributed by atoms with van der Waals surface area (Å²) in [6, 6.07) is 28.8. The van der Waals surface area contributed by atoms with E-state index in [4.69, 9.17) is 9.47 Å². The SMILES string of the molecule is CCOc1cc(/C=C2\SC(=O)N(c3ccccc3)C2=O)ccc1OCc1cccc2ccccc12. The molecule has 5 rings (SSSR count). The van der Waals surface area contributed by atoms with E-state index in [0.29, 0.717) is 35.3 Å². The van der Waals surface area contributed by atoms with Gasteiger partial charge >= 0.3 is 0 Å². The number of anilines is 1. The van der Waals surface area contributed by atoms with Crippen LogP contribution in [0, 0.1) is 0 Å². The zero-order chi connectivity index (χ0) is 24.2. The molecule has 5 nitrogen and oxygen atoms in total. The summed E-state index contributed by atoms with van der Waals surface area (Å²) >= 11 is 0.930. The molecule has 0 N–H and O–H groups in total. The third-order valence-electron chi connectivity index (χ3n) is 5.64. The van der Waals surface area contributed by atoms with Crippen LogP contribution in [0.3, 0.4) is 0 Å². The van der Waals surface area contributed by atoms with Crippen molar-refractivity contribution >= 4 is 45.4 Å². The second-order valence-corrected chi connectivity index (χ2v) is 8.91. The minimum atomic E-state index is -0.333. The van der Waals surface area contributed by atoms with Crippen LogP contribution in [-0.2, 0) is 11.4 Å². The van der Waals surface area contributed by atoms with E-state index < -0.39 is 0 Å². The number of ether oxygens (including phenoxy) is 2. The Morgan fingerprint density at radius 2 is 1.60 bits per heavy atom. The lowest BCUT2D eigenvalue weighted by Gasteiger charge is -2.14. The van der Waals surface area contributed by atoms with Crippen LogP contribution in [0.25, 0.3) is 16.8 Å². The van der Waals surface area contributed by atoms with Crippen molar-refractivity contribution in [2.75, 3.05) is 11.5 Å². The quantitative estimate of drug-likeness (QED) is 0.265. The maximum absolute atomic E-state index is 12.9. The number of hydrogen-bond acceptors (Lipinski definition) is 5. The van der Waals surface area contributed by atoms with Gasteiger partial charge in [0.15, 0.2) is 11.5 Å². The topological polar surface area (TPSA) is 55.8 Å². The molecule has 0 radical (unpaired) electrons. The predicted octanol–water partition coefficient (Wildman–Crippen LogP) is 7.06. The van der Waals surface area contributed by atoms with Gasteiger partial charge in [0, 0.05) is 0 Å². The van der Waals surface area contributed by atoms with E-state index in [1.807, 2.05) is 49.4 Å². The minimum Gasteiger partial charge on any atom is -0.490 e. The summed E-state index contributed by atoms with van der Waals surface area (Å²) in [6.45, 7) is 2.78. The average Bonchev–Trinajstić information content (AvgIpc) is 3.16. The first-order valence-electron chi connectivity index (χ1n) is 11.3. The van der Waals surface area contributed by atoms with Gasteiger partial charge in [-0.25, -0.2) is 4.90 Å². The second-order valence-electron chi connectivity index (χ2n) is 7.92. The summed E-state index contributed by atoms with van der Waals surface area (Å²) in [4.78, 5) is 27.0. The molecular formula is C29H23NO4S. The van der Waals surface area contributed by atoms with Crippen molar-refractivity contribution in [3.63, 3.8) is 0 Å². The van der Waals surface area contributed by atoms with Crippen molar-refractivity contribution in [1.82, 2.24) is 0 Å². The third kappa shape index (κ3) is 4.79. The lowest BCUT2D eigenvalue weighted by atomic mass is 10.1. The van der Waals surface area contributed by atoms with Gasteiger partial charge in [0.05, 0.1) is 17.2 Å². The first-order valence-corrected chi connectivity index (χ1v) is 12.1. The van der Waals surface area contributed by atoms with Crippen molar-refractivity contribution < 1.29 is 19.1 Å². The Morgan fingerprint density at radius 1 is 0.829 bits per heavy atom. The highest BCUT2D eigenvalue weighted by molar-refractivity contribution is 8.19. The summed E-state index contributed by atoms with van der Waals surface area (Å²) < 4.78 is 12.0. The Bertz CT molecular complexity index is 1430. The van der Waals surface area contributed by atoms with Crippen molar-refractivity contribution in [3.05, 3.63) is 107 Å². The molecule has 4 aromatic rings. The Kier molecular flexibility index (Phi) is 6.55. The van der Waals surface area contributed by atoms with Gasteiger partial charge in [-0.15, -0.1) is 0 Å². The standard InChI is InChI=1S/C29H23NO4S/c1-2-33-26-17-20(18-27-28(31)30(29(32)35-27)23-12-4-3-5-13-23)15-16-25(26)34-19-22-11-8-10-21-9-6-7-14-24(21)22/h3-18H,2,19H2,1H3/b27-18-. The number of carbonyl (C=O) groups is 2. The highest BCUT2D eigenvalue weighted by atomic mass is 32.2. The summed E-state index contributed by atoms with van der Waals surface area (Å²) in [5, 5.41) is 2.00. The Hall–Kier alpha value is -4.03. The summed E-state index contributed by atoms with van der Waals surface area (Å²) in [5.41, 5.74) is 2.40. The van der Waals surface area contributed by atoms with Crippen LogP contribution in [0.4, 0.5) is 10.5 Å². The van der Waals surface area contributed by atoms with Crippen LogP contribution in [-0.4, -0.2) is 17.8 Å². The van der Waals surface area contributed by atoms with Crippen LogP contribution in [0.1, 0.15) is 18.1 Å². The molecule has 0 aromatic heterocycles. The third-order valence-corrected chi connectivity index (χ3v) is 6.51. The van der Waals surface area contributed by atoms with Gasteiger partial charge in [-0.2, -0.15) is 0 Å². The van der Waals surface area contributed by atoms with Crippen LogP contribution in [0.5, 0.6) is 11.5 Å². The molecule has 1 aliphatic rings. The van der Waals surface area contributed by atoms with Gasteiger partial charge < -0.3 is 9.47 Å². The number of thioether (sulfide) groups is 1. The fourth-order valence-electron chi connectivity index (χ4n) is 3.99. The normalized spacial score (nSPS) is 14.7. The fourth-order valence-corrected chi connectivity index (χ4v) is 4.84. The summed E-state index contributed by atoms with van der Waals surface area (Å²) in [6.07, 6.45) is 1.71. The van der Waals surface area contributed by atoms with Crippen molar-refractivity contribution in [2.45, 2.75) is 13.5 Å². The first kappa shape index (κ1) is 22.7. The van der Waals surface area contributed by atoms with Crippen molar-refractivity contribution in [2.24, 2.45) is 0 Å². The first-order chi connectivity index (χ1) is 17.1. The van der Waals surface area contributed by atoms with E-state index in [-0.39, 0.29) is 11.1 Å². The van der Waals surface area contributed by atoms with Crippen molar-refractivity contribution in [3.8, 4) is 11.5 Å². The number of para-hydroxylation sites is 1. The Labute approximate surface area is 208 Å². The van der Waals surface area contributed by atoms with Crippen LogP contribution in [0.2, 0.25) is 0 Å². The Morgan fingerprint density at radius 3 is 2.43 bits per heavy atom. The molecule has 0 unspecified atom stereocenters. The molecule has 2 amide bonds. The lowest BCUT2D eigenvalue weighted by Crippen LogP contribution is -2.27. The Balaban J connectivity index is 1.38. The van der Waals surface area contributed by atoms with Gasteiger partial charge in [-0.1, -0.05) is 66.7 Å². The van der Waals surface area contributed by atoms with Crippen LogP contribution >= 0.6 is 11.8 Å². The number of hydrogen-bond donors (Lipinski definition) is 0. The van der Waals surface area contributed by atoms with Crippen LogP contribution < -0.4 is 14.4 Å². The molecule has 1 aliphatic heterocycles. The molecule has 0 atom stereocenters. The van der Waals surface area contributed by atoms with Gasteiger partial charge in [-0.3, -0.25) is 9.59 Å². The fraction of sp³-hybridized carbons (Fsp3) is 0.103. The predicted molar refractivity (Wildman–Crippen MR) is 141 cm³/mol. The maximum atomic E-state index is 12.9. The largest absolute Gasteiger partial charge is 0.490 e. The molecule has 0 saturated carbocycles. The highest BCUT2D eigenvalue weighted by Gasteiger charge is 2.36. The molecule has 4 aromatic carbocycles. The number of nitrogens with zero attached hydrogens (tertiary/aromatic N) is 1. The van der Waals surface area contributed by atoms with Crippen molar-refractivity contribution in [1.29, 1.82) is 0 Å². The molecule has 0 spiro atoms. The highest BCUT2D eigenvalue weighted by Crippen LogP contribution is 2.37. The van der Waals surface area contributed by atoms with E-state index in [9.17, 15) is 9.59 Å². The molecule has 6 heteroatoms. The smallest absolute Gasteiger partial charge is 0.298 e. The molecule has 1 heterocycles. The number of benzene rings is 4. The monoisotopic (exact) mass is 481 g/mol. The molecule has 174 valence electrons. The minimum absolute atomic E-state index is 0.312. The van der Waals surface area contributed by atoms with Gasteiger partial charge in [0.1, 0.15) is 6.61 Å². The maximum Gasteiger partial charge on any atom is 0.298 e. The van der Waals surface area contributed by atoms with E-state index in [0.717, 1.165) is 28.3 Å². The lowest BCUT2D eigenvalue weighted by molar-refractivity contribution is -0.113. The number of amides is 2. The van der Waals surface area contributed by atoms with Crippen LogP contribution in [0.15, 0.2) is 95.9 Å². The zero-order valence-electron chi connectivity index (χ0n) is 19.1. The summed E-state index contributed by atoms with van der Waals surface area (Å²) in [7, 11) is 0. The molecular weight excluding hydrogens is 458 g/mol. The zero-order valence-corrected chi connectivity index (χ0v) is 20.0. The number of rotatable bonds is 7. The number of carbonyl (C=O) groups excluding carboxylic acids is 2. The summed E-state index contributed by atoms with van der Waals surface area (Å²) in [5.74, 6) is 0.874. The van der Waals surface area contributed by atoms with E-state index >= 15 is 0 Å². The molecule has 0 aliphatic carbocycles. The molecule has 0 bridgehead atoms. The molecule has 35 heavy (non-hydrogen) atoms. The number of imide groups is 1.